The van der Waals surface area contributed by atoms with Crippen LogP contribution in [0.4, 0.5) is 0 Å². The average Bonchev–Trinajstić information content (AvgIpc) is 2.56. The molecule has 2 rings (SSSR count). The number of aromatic carboxylic acids is 2. The highest BCUT2D eigenvalue weighted by atomic mass is 32.2. The van der Waals surface area contributed by atoms with E-state index in [4.69, 9.17) is 16.6 Å². The molecule has 24 heavy (non-hydrogen) atoms. The normalized spacial score (nSPS) is 10.7. The molecule has 0 aliphatic carbocycles. The first-order valence-corrected chi connectivity index (χ1v) is 8.12. The first kappa shape index (κ1) is 19.3. The van der Waals surface area contributed by atoms with Crippen LogP contribution in [0.1, 0.15) is 26.3 Å². The van der Waals surface area contributed by atoms with Gasteiger partial charge in [-0.25, -0.2) is 9.59 Å². The van der Waals surface area contributed by atoms with E-state index in [0.29, 0.717) is 11.3 Å². The second-order valence-corrected chi connectivity index (χ2v) is 6.10. The second kappa shape index (κ2) is 9.40. The van der Waals surface area contributed by atoms with E-state index in [9.17, 15) is 14.1 Å². The van der Waals surface area contributed by atoms with Crippen molar-refractivity contribution in [2.24, 2.45) is 0 Å². The molecule has 2 aromatic carbocycles. The smallest absolute Gasteiger partial charge is 0.335 e. The van der Waals surface area contributed by atoms with Gasteiger partial charge in [0, 0.05) is 0 Å². The van der Waals surface area contributed by atoms with Crippen LogP contribution >= 0.6 is 0 Å². The summed E-state index contributed by atoms with van der Waals surface area (Å²) < 4.78 is 11.2. The molecule has 0 radical (unpaired) electrons. The Hall–Kier alpha value is -2.75. The van der Waals surface area contributed by atoms with E-state index in [0.717, 1.165) is 11.0 Å². The monoisotopic (exact) mass is 344 g/mol. The van der Waals surface area contributed by atoms with Gasteiger partial charge in [0.15, 0.2) is 10.6 Å². The molecule has 1 unspecified atom stereocenters. The van der Waals surface area contributed by atoms with Gasteiger partial charge in [0.05, 0.1) is 11.1 Å². The first-order chi connectivity index (χ1) is 11.4. The van der Waals surface area contributed by atoms with E-state index in [1.165, 1.54) is 12.1 Å². The molecule has 5 nitrogen and oxygen atoms in total. The minimum Gasteiger partial charge on any atom is -0.611 e. The Bertz CT molecular complexity index is 750. The quantitative estimate of drug-likeness (QED) is 0.656. The third-order valence-corrected chi connectivity index (χ3v) is 4.16. The molecule has 0 spiro atoms. The van der Waals surface area contributed by atoms with E-state index < -0.39 is 23.1 Å². The number of rotatable bonds is 4. The second-order valence-electron chi connectivity index (χ2n) is 4.65. The number of terminal acetylenes is 1. The van der Waals surface area contributed by atoms with Gasteiger partial charge in [0.25, 0.3) is 0 Å². The van der Waals surface area contributed by atoms with Crippen molar-refractivity contribution in [1.82, 2.24) is 0 Å². The Morgan fingerprint density at radius 3 is 2.25 bits per heavy atom. The van der Waals surface area contributed by atoms with E-state index in [2.05, 4.69) is 5.92 Å². The summed E-state index contributed by atoms with van der Waals surface area (Å²) in [7, 11) is 0. The summed E-state index contributed by atoms with van der Waals surface area (Å²) in [4.78, 5) is 21.9. The lowest BCUT2D eigenvalue weighted by Crippen LogP contribution is -2.04. The predicted molar refractivity (Wildman–Crippen MR) is 91.6 cm³/mol. The summed E-state index contributed by atoms with van der Waals surface area (Å²) in [6.45, 7) is 1.62. The van der Waals surface area contributed by atoms with Gasteiger partial charge in [-0.15, -0.1) is 6.42 Å². The van der Waals surface area contributed by atoms with Crippen molar-refractivity contribution < 1.29 is 24.4 Å². The molecule has 0 aromatic heterocycles. The highest BCUT2D eigenvalue weighted by molar-refractivity contribution is 7.91. The van der Waals surface area contributed by atoms with Gasteiger partial charge < -0.3 is 14.8 Å². The zero-order valence-corrected chi connectivity index (χ0v) is 13.7. The summed E-state index contributed by atoms with van der Waals surface area (Å²) in [5.74, 6) is 0.428. The maximum absolute atomic E-state index is 11.2. The molecule has 0 saturated carbocycles. The SMILES string of the molecule is C#CC[S+]([O-])c1ccccc1.Cc1ccc(C(=O)O)cc1C(=O)O. The van der Waals surface area contributed by atoms with Gasteiger partial charge in [0.2, 0.25) is 0 Å². The maximum Gasteiger partial charge on any atom is 0.335 e. The van der Waals surface area contributed by atoms with E-state index in [1.807, 2.05) is 30.3 Å². The third kappa shape index (κ3) is 5.80. The molecule has 0 bridgehead atoms. The zero-order chi connectivity index (χ0) is 18.1. The molecule has 1 atom stereocenters. The fourth-order valence-corrected chi connectivity index (χ4v) is 2.50. The topological polar surface area (TPSA) is 97.7 Å². The fourth-order valence-electron chi connectivity index (χ4n) is 1.72. The molecule has 124 valence electrons. The number of benzene rings is 2. The lowest BCUT2D eigenvalue weighted by atomic mass is 10.1. The van der Waals surface area contributed by atoms with Crippen molar-refractivity contribution >= 4 is 23.1 Å². The Morgan fingerprint density at radius 2 is 1.75 bits per heavy atom. The van der Waals surface area contributed by atoms with Crippen molar-refractivity contribution in [3.63, 3.8) is 0 Å². The molecule has 0 saturated heterocycles. The molecule has 0 aliphatic rings. The molecule has 2 aromatic rings. The zero-order valence-electron chi connectivity index (χ0n) is 12.9. The highest BCUT2D eigenvalue weighted by Crippen LogP contribution is 2.11. The standard InChI is InChI=1S/C9H8O4.C9H8OS/c1-5-2-3-6(8(10)11)4-7(5)9(12)13;1-2-8-11(10)9-6-4-3-5-7-9/h2-4H,1H3,(H,10,11)(H,12,13);1,3-7H,8H2. The highest BCUT2D eigenvalue weighted by Gasteiger charge is 2.10. The molecule has 6 heteroatoms. The molecule has 0 fully saturated rings. The van der Waals surface area contributed by atoms with Crippen LogP contribution in [0.15, 0.2) is 53.4 Å². The van der Waals surface area contributed by atoms with Crippen molar-refractivity contribution in [2.75, 3.05) is 5.75 Å². The van der Waals surface area contributed by atoms with Crippen LogP contribution in [0, 0.1) is 19.3 Å². The summed E-state index contributed by atoms with van der Waals surface area (Å²) in [5.41, 5.74) is 0.570. The predicted octanol–water partition coefficient (Wildman–Crippen LogP) is 2.82. The van der Waals surface area contributed by atoms with Gasteiger partial charge >= 0.3 is 11.9 Å². The number of aryl methyl sites for hydroxylation is 1. The molecule has 2 N–H and O–H groups in total. The molecule has 0 amide bonds. The number of hydrogen-bond donors (Lipinski definition) is 2. The van der Waals surface area contributed by atoms with Gasteiger partial charge in [-0.05, 0) is 47.9 Å². The van der Waals surface area contributed by atoms with Crippen LogP contribution in [0.5, 0.6) is 0 Å². The number of carboxylic acids is 2. The minimum absolute atomic E-state index is 0.0111. The number of carbonyl (C=O) groups is 2. The van der Waals surface area contributed by atoms with Crippen LogP contribution in [-0.2, 0) is 11.2 Å². The van der Waals surface area contributed by atoms with Gasteiger partial charge in [-0.2, -0.15) is 0 Å². The van der Waals surface area contributed by atoms with E-state index in [1.54, 1.807) is 6.92 Å². The maximum atomic E-state index is 11.2. The number of carboxylic acid groups (broad SMARTS) is 2. The summed E-state index contributed by atoms with van der Waals surface area (Å²) in [6, 6.07) is 13.2. The molecule has 0 heterocycles. The first-order valence-electron chi connectivity index (χ1n) is 6.81. The lowest BCUT2D eigenvalue weighted by Gasteiger charge is -2.05. The van der Waals surface area contributed by atoms with Crippen molar-refractivity contribution in [3.05, 3.63) is 65.2 Å². The van der Waals surface area contributed by atoms with Crippen LogP contribution in [0.3, 0.4) is 0 Å². The Kier molecular flexibility index (Phi) is 7.56. The van der Waals surface area contributed by atoms with Crippen LogP contribution in [0.25, 0.3) is 0 Å². The van der Waals surface area contributed by atoms with Crippen molar-refractivity contribution in [1.29, 1.82) is 0 Å². The summed E-state index contributed by atoms with van der Waals surface area (Å²) in [6.07, 6.45) is 5.02. The number of hydrogen-bond acceptors (Lipinski definition) is 3. The van der Waals surface area contributed by atoms with Crippen LogP contribution in [-0.4, -0.2) is 32.5 Å². The summed E-state index contributed by atoms with van der Waals surface area (Å²) in [5, 5.41) is 17.3. The van der Waals surface area contributed by atoms with Gasteiger partial charge in [-0.1, -0.05) is 30.2 Å². The van der Waals surface area contributed by atoms with E-state index in [-0.39, 0.29) is 11.1 Å². The van der Waals surface area contributed by atoms with Gasteiger partial charge in [0.1, 0.15) is 0 Å². The van der Waals surface area contributed by atoms with Crippen LogP contribution < -0.4 is 0 Å². The average molecular weight is 344 g/mol. The molecular formula is C18H16O5S. The molecular weight excluding hydrogens is 328 g/mol. The van der Waals surface area contributed by atoms with Crippen molar-refractivity contribution in [3.8, 4) is 12.3 Å². The Balaban J connectivity index is 0.000000243. The van der Waals surface area contributed by atoms with Gasteiger partial charge in [-0.3, -0.25) is 0 Å². The third-order valence-electron chi connectivity index (χ3n) is 2.94. The lowest BCUT2D eigenvalue weighted by molar-refractivity contribution is 0.0695. The van der Waals surface area contributed by atoms with Crippen molar-refractivity contribution in [2.45, 2.75) is 11.8 Å². The fraction of sp³-hybridized carbons (Fsp3) is 0.111. The Morgan fingerprint density at radius 1 is 1.12 bits per heavy atom. The van der Waals surface area contributed by atoms with Crippen LogP contribution in [0.2, 0.25) is 0 Å². The minimum atomic E-state index is -1.12. The Labute approximate surface area is 143 Å². The van der Waals surface area contributed by atoms with E-state index >= 15 is 0 Å². The molecule has 0 aliphatic heterocycles. The summed E-state index contributed by atoms with van der Waals surface area (Å²) >= 11 is -1.02. The largest absolute Gasteiger partial charge is 0.611 e.